The lowest BCUT2D eigenvalue weighted by molar-refractivity contribution is -0.137. The van der Waals surface area contributed by atoms with Crippen molar-refractivity contribution in [1.82, 2.24) is 25.3 Å². The van der Waals surface area contributed by atoms with E-state index in [4.69, 9.17) is 4.52 Å². The SMILES string of the molecule is CC(=O)NC(Cc1ccccc1F)C(=O)N1CCN(Cc2ccc(-c3noc(C4CCCC4)n3)cc2)CC1. The molecule has 1 unspecified atom stereocenters. The third-order valence-electron chi connectivity index (χ3n) is 7.51. The molecule has 8 nitrogen and oxygen atoms in total. The number of benzene rings is 2. The Labute approximate surface area is 222 Å². The van der Waals surface area contributed by atoms with Crippen LogP contribution in [0.3, 0.4) is 0 Å². The van der Waals surface area contributed by atoms with Gasteiger partial charge in [-0.05, 0) is 30.0 Å². The Balaban J connectivity index is 1.14. The predicted octanol–water partition coefficient (Wildman–Crippen LogP) is 3.92. The molecule has 1 atom stereocenters. The molecule has 1 N–H and O–H groups in total. The minimum atomic E-state index is -0.789. The maximum atomic E-state index is 14.2. The van der Waals surface area contributed by atoms with Crippen molar-refractivity contribution in [3.05, 3.63) is 71.4 Å². The molecule has 1 aromatic heterocycles. The molecular weight excluding hydrogens is 485 g/mol. The molecule has 2 fully saturated rings. The van der Waals surface area contributed by atoms with Gasteiger partial charge in [0, 0.05) is 57.5 Å². The van der Waals surface area contributed by atoms with E-state index in [1.807, 2.05) is 12.1 Å². The van der Waals surface area contributed by atoms with E-state index in [0.29, 0.717) is 30.4 Å². The Kier molecular flexibility index (Phi) is 8.12. The fraction of sp³-hybridized carbons (Fsp3) is 0.448. The average Bonchev–Trinajstić information content (AvgIpc) is 3.63. The van der Waals surface area contributed by atoms with Crippen LogP contribution in [0.4, 0.5) is 4.39 Å². The largest absolute Gasteiger partial charge is 0.344 e. The molecule has 38 heavy (non-hydrogen) atoms. The molecule has 1 saturated carbocycles. The quantitative estimate of drug-likeness (QED) is 0.485. The topological polar surface area (TPSA) is 91.6 Å². The summed E-state index contributed by atoms with van der Waals surface area (Å²) in [6.45, 7) is 4.68. The molecule has 1 aliphatic carbocycles. The van der Waals surface area contributed by atoms with Crippen molar-refractivity contribution in [3.63, 3.8) is 0 Å². The molecule has 2 amide bonds. The Bertz CT molecular complexity index is 1250. The van der Waals surface area contributed by atoms with E-state index in [2.05, 4.69) is 32.5 Å². The molecule has 2 aliphatic rings. The number of hydrogen-bond acceptors (Lipinski definition) is 6. The highest BCUT2D eigenvalue weighted by Crippen LogP contribution is 2.33. The van der Waals surface area contributed by atoms with Crippen molar-refractivity contribution >= 4 is 11.8 Å². The van der Waals surface area contributed by atoms with Gasteiger partial charge in [0.25, 0.3) is 0 Å². The molecule has 3 aromatic rings. The lowest BCUT2D eigenvalue weighted by Crippen LogP contribution is -2.55. The number of carbonyl (C=O) groups is 2. The predicted molar refractivity (Wildman–Crippen MR) is 141 cm³/mol. The number of hydrogen-bond donors (Lipinski definition) is 1. The second-order valence-corrected chi connectivity index (χ2v) is 10.3. The minimum Gasteiger partial charge on any atom is -0.344 e. The van der Waals surface area contributed by atoms with Crippen LogP contribution in [-0.4, -0.2) is 64.0 Å². The average molecular weight is 520 g/mol. The molecule has 1 saturated heterocycles. The van der Waals surface area contributed by atoms with Gasteiger partial charge in [0.1, 0.15) is 11.9 Å². The number of nitrogens with zero attached hydrogens (tertiary/aromatic N) is 4. The standard InChI is InChI=1S/C29H34FN5O3/c1-20(36)31-26(18-24-8-4-5-9-25(24)30)29(37)35-16-14-34(15-17-35)19-21-10-12-22(13-11-21)27-32-28(38-33-27)23-6-2-3-7-23/h4-5,8-13,23,26H,2-3,6-7,14-19H2,1H3,(H,31,36). The van der Waals surface area contributed by atoms with Crippen LogP contribution in [0.15, 0.2) is 53.1 Å². The lowest BCUT2D eigenvalue weighted by Gasteiger charge is -2.36. The van der Waals surface area contributed by atoms with Crippen LogP contribution < -0.4 is 5.32 Å². The number of amides is 2. The first-order valence-corrected chi connectivity index (χ1v) is 13.4. The summed E-state index contributed by atoms with van der Waals surface area (Å²) in [5.74, 6) is 0.925. The number of aromatic nitrogens is 2. The first-order valence-electron chi connectivity index (χ1n) is 13.4. The summed E-state index contributed by atoms with van der Waals surface area (Å²) in [7, 11) is 0. The van der Waals surface area contributed by atoms with Gasteiger partial charge in [-0.1, -0.05) is 60.5 Å². The van der Waals surface area contributed by atoms with Gasteiger partial charge in [-0.25, -0.2) is 4.39 Å². The van der Waals surface area contributed by atoms with E-state index in [9.17, 15) is 14.0 Å². The number of rotatable bonds is 8. The van der Waals surface area contributed by atoms with E-state index in [1.54, 1.807) is 23.1 Å². The van der Waals surface area contributed by atoms with Crippen LogP contribution in [0.2, 0.25) is 0 Å². The summed E-state index contributed by atoms with van der Waals surface area (Å²) < 4.78 is 19.7. The Morgan fingerprint density at radius 2 is 1.76 bits per heavy atom. The van der Waals surface area contributed by atoms with Crippen LogP contribution in [0.5, 0.6) is 0 Å². The van der Waals surface area contributed by atoms with Gasteiger partial charge in [0.2, 0.25) is 23.5 Å². The molecule has 0 bridgehead atoms. The minimum absolute atomic E-state index is 0.125. The molecule has 0 spiro atoms. The zero-order valence-corrected chi connectivity index (χ0v) is 21.7. The number of piperazine rings is 1. The third-order valence-corrected chi connectivity index (χ3v) is 7.51. The van der Waals surface area contributed by atoms with Gasteiger partial charge in [0.15, 0.2) is 0 Å². The van der Waals surface area contributed by atoms with E-state index in [-0.39, 0.29) is 24.1 Å². The lowest BCUT2D eigenvalue weighted by atomic mass is 10.0. The highest BCUT2D eigenvalue weighted by Gasteiger charge is 2.29. The summed E-state index contributed by atoms with van der Waals surface area (Å²) in [5, 5.41) is 6.90. The molecule has 2 aromatic carbocycles. The van der Waals surface area contributed by atoms with Gasteiger partial charge in [-0.15, -0.1) is 0 Å². The number of nitrogens with one attached hydrogen (secondary N) is 1. The van der Waals surface area contributed by atoms with Crippen LogP contribution in [0.25, 0.3) is 11.4 Å². The molecule has 2 heterocycles. The maximum absolute atomic E-state index is 14.2. The monoisotopic (exact) mass is 519 g/mol. The summed E-state index contributed by atoms with van der Waals surface area (Å²) in [4.78, 5) is 33.7. The number of carbonyl (C=O) groups excluding carboxylic acids is 2. The molecule has 0 radical (unpaired) electrons. The molecule has 200 valence electrons. The van der Waals surface area contributed by atoms with Gasteiger partial charge in [-0.3, -0.25) is 14.5 Å². The Morgan fingerprint density at radius 1 is 1.05 bits per heavy atom. The zero-order chi connectivity index (χ0) is 26.5. The molecule has 1 aliphatic heterocycles. The van der Waals surface area contributed by atoms with Crippen LogP contribution in [-0.2, 0) is 22.6 Å². The Morgan fingerprint density at radius 3 is 2.45 bits per heavy atom. The zero-order valence-electron chi connectivity index (χ0n) is 21.7. The summed E-state index contributed by atoms with van der Waals surface area (Å²) >= 11 is 0. The maximum Gasteiger partial charge on any atom is 0.245 e. The highest BCUT2D eigenvalue weighted by molar-refractivity contribution is 5.87. The summed E-state index contributed by atoms with van der Waals surface area (Å²) in [6, 6.07) is 13.8. The normalized spacial score (nSPS) is 17.5. The van der Waals surface area contributed by atoms with Crippen molar-refractivity contribution in [1.29, 1.82) is 0 Å². The van der Waals surface area contributed by atoms with E-state index < -0.39 is 6.04 Å². The van der Waals surface area contributed by atoms with Crippen molar-refractivity contribution in [2.45, 2.75) is 57.5 Å². The molecule has 5 rings (SSSR count). The van der Waals surface area contributed by atoms with Crippen molar-refractivity contribution in [2.75, 3.05) is 26.2 Å². The van der Waals surface area contributed by atoms with E-state index in [1.165, 1.54) is 31.4 Å². The fourth-order valence-electron chi connectivity index (χ4n) is 5.38. The van der Waals surface area contributed by atoms with Crippen molar-refractivity contribution in [2.24, 2.45) is 0 Å². The first-order chi connectivity index (χ1) is 18.5. The Hall–Kier alpha value is -3.59. The van der Waals surface area contributed by atoms with Gasteiger partial charge >= 0.3 is 0 Å². The molecular formula is C29H34FN5O3. The van der Waals surface area contributed by atoms with Crippen LogP contribution in [0.1, 0.15) is 55.5 Å². The highest BCUT2D eigenvalue weighted by atomic mass is 19.1. The first kappa shape index (κ1) is 26.0. The number of halogens is 1. The summed E-state index contributed by atoms with van der Waals surface area (Å²) in [6.07, 6.45) is 4.82. The van der Waals surface area contributed by atoms with Gasteiger partial charge < -0.3 is 14.7 Å². The smallest absolute Gasteiger partial charge is 0.245 e. The van der Waals surface area contributed by atoms with Crippen molar-refractivity contribution < 1.29 is 18.5 Å². The van der Waals surface area contributed by atoms with E-state index >= 15 is 0 Å². The van der Waals surface area contributed by atoms with Crippen molar-refractivity contribution in [3.8, 4) is 11.4 Å². The second-order valence-electron chi connectivity index (χ2n) is 10.3. The van der Waals surface area contributed by atoms with Gasteiger partial charge in [-0.2, -0.15) is 4.98 Å². The van der Waals surface area contributed by atoms with E-state index in [0.717, 1.165) is 43.9 Å². The van der Waals surface area contributed by atoms with Crippen LogP contribution in [0, 0.1) is 5.82 Å². The van der Waals surface area contributed by atoms with Crippen LogP contribution >= 0.6 is 0 Å². The fourth-order valence-corrected chi connectivity index (χ4v) is 5.38. The second kappa shape index (κ2) is 11.9. The molecule has 9 heteroatoms. The van der Waals surface area contributed by atoms with Gasteiger partial charge in [0.05, 0.1) is 0 Å². The summed E-state index contributed by atoms with van der Waals surface area (Å²) in [5.41, 5.74) is 2.53. The third kappa shape index (κ3) is 6.27.